The topological polar surface area (TPSA) is 70.1 Å². The maximum absolute atomic E-state index is 12.1. The molecule has 33 heavy (non-hydrogen) atoms. The Labute approximate surface area is 203 Å². The Balaban J connectivity index is 1.67. The Morgan fingerprint density at radius 1 is 1.15 bits per heavy atom. The van der Waals surface area contributed by atoms with Crippen LogP contribution in [-0.2, 0) is 16.4 Å². The van der Waals surface area contributed by atoms with Gasteiger partial charge in [0.2, 0.25) is 0 Å². The molecule has 0 spiro atoms. The number of hydrogen-bond acceptors (Lipinski definition) is 6. The van der Waals surface area contributed by atoms with Crippen LogP contribution in [0.1, 0.15) is 31.4 Å². The van der Waals surface area contributed by atoms with Crippen LogP contribution in [0.2, 0.25) is 5.02 Å². The zero-order valence-electron chi connectivity index (χ0n) is 19.7. The van der Waals surface area contributed by atoms with Gasteiger partial charge in [0.05, 0.1) is 11.5 Å². The standard InChI is InChI=1S/C25H35ClN2O4S/c1-4-27(5-2)21-8-6-20(7-9-21)15-28(22-12-13-33(30,31)18-22)16-23(29)17-32-24-10-11-25(26)19(3)14-24/h6-11,14,22-23,29H,4-5,12-13,15-18H2,1-3H3. The van der Waals surface area contributed by atoms with Crippen LogP contribution in [-0.4, -0.2) is 68.3 Å². The number of halogens is 1. The second kappa shape index (κ2) is 11.6. The van der Waals surface area contributed by atoms with Gasteiger partial charge in [0.25, 0.3) is 0 Å². The van der Waals surface area contributed by atoms with Gasteiger partial charge in [-0.05, 0) is 68.7 Å². The zero-order valence-corrected chi connectivity index (χ0v) is 21.3. The van der Waals surface area contributed by atoms with E-state index in [4.69, 9.17) is 16.3 Å². The van der Waals surface area contributed by atoms with E-state index in [0.29, 0.717) is 30.3 Å². The summed E-state index contributed by atoms with van der Waals surface area (Å²) < 4.78 is 30.0. The lowest BCUT2D eigenvalue weighted by molar-refractivity contribution is 0.0524. The van der Waals surface area contributed by atoms with E-state index < -0.39 is 15.9 Å². The molecule has 1 N–H and O–H groups in total. The van der Waals surface area contributed by atoms with Crippen molar-refractivity contribution in [2.75, 3.05) is 42.6 Å². The molecule has 1 saturated heterocycles. The highest BCUT2D eigenvalue weighted by Crippen LogP contribution is 2.23. The molecular formula is C25H35ClN2O4S. The molecule has 0 amide bonds. The minimum atomic E-state index is -3.03. The number of anilines is 1. The first-order valence-electron chi connectivity index (χ1n) is 11.6. The third kappa shape index (κ3) is 7.34. The van der Waals surface area contributed by atoms with Crippen LogP contribution in [0.4, 0.5) is 5.69 Å². The van der Waals surface area contributed by atoms with Crippen LogP contribution in [0.25, 0.3) is 0 Å². The quantitative estimate of drug-likeness (QED) is 0.510. The molecule has 2 aromatic rings. The average Bonchev–Trinajstić information content (AvgIpc) is 3.15. The molecule has 1 heterocycles. The fraction of sp³-hybridized carbons (Fsp3) is 0.520. The second-order valence-electron chi connectivity index (χ2n) is 8.70. The van der Waals surface area contributed by atoms with Crippen molar-refractivity contribution >= 4 is 27.1 Å². The molecule has 1 fully saturated rings. The summed E-state index contributed by atoms with van der Waals surface area (Å²) in [5.74, 6) is 0.984. The van der Waals surface area contributed by atoms with Gasteiger partial charge in [-0.3, -0.25) is 4.90 Å². The van der Waals surface area contributed by atoms with Crippen LogP contribution >= 0.6 is 11.6 Å². The summed E-state index contributed by atoms with van der Waals surface area (Å²) in [7, 11) is -3.03. The van der Waals surface area contributed by atoms with E-state index in [1.165, 1.54) is 5.69 Å². The molecule has 3 rings (SSSR count). The molecule has 0 saturated carbocycles. The zero-order chi connectivity index (χ0) is 24.0. The van der Waals surface area contributed by atoms with Crippen molar-refractivity contribution in [1.29, 1.82) is 0 Å². The lowest BCUT2D eigenvalue weighted by Crippen LogP contribution is -2.42. The molecule has 6 nitrogen and oxygen atoms in total. The summed E-state index contributed by atoms with van der Waals surface area (Å²) in [5, 5.41) is 11.4. The van der Waals surface area contributed by atoms with Gasteiger partial charge in [-0.1, -0.05) is 23.7 Å². The number of aryl methyl sites for hydroxylation is 1. The predicted octanol–water partition coefficient (Wildman–Crippen LogP) is 3.92. The Bertz CT molecular complexity index is 1010. The highest BCUT2D eigenvalue weighted by atomic mass is 35.5. The normalized spacial score (nSPS) is 18.4. The molecule has 0 radical (unpaired) electrons. The number of ether oxygens (including phenoxy) is 1. The summed E-state index contributed by atoms with van der Waals surface area (Å²) in [6.45, 7) is 9.10. The van der Waals surface area contributed by atoms with Gasteiger partial charge in [-0.25, -0.2) is 8.42 Å². The van der Waals surface area contributed by atoms with Gasteiger partial charge in [0.15, 0.2) is 9.84 Å². The summed E-state index contributed by atoms with van der Waals surface area (Å²) in [6.07, 6.45) is -0.164. The predicted molar refractivity (Wildman–Crippen MR) is 135 cm³/mol. The molecule has 0 aliphatic carbocycles. The largest absolute Gasteiger partial charge is 0.491 e. The van der Waals surface area contributed by atoms with Crippen molar-refractivity contribution in [3.63, 3.8) is 0 Å². The van der Waals surface area contributed by atoms with E-state index in [1.54, 1.807) is 12.1 Å². The van der Waals surface area contributed by atoms with Gasteiger partial charge in [-0.2, -0.15) is 0 Å². The van der Waals surface area contributed by atoms with Crippen molar-refractivity contribution < 1.29 is 18.3 Å². The second-order valence-corrected chi connectivity index (χ2v) is 11.3. The Hall–Kier alpha value is -1.80. The van der Waals surface area contributed by atoms with Crippen LogP contribution in [0, 0.1) is 6.92 Å². The van der Waals surface area contributed by atoms with Gasteiger partial charge in [-0.15, -0.1) is 0 Å². The van der Waals surface area contributed by atoms with Crippen LogP contribution < -0.4 is 9.64 Å². The van der Waals surface area contributed by atoms with Gasteiger partial charge in [0.1, 0.15) is 18.5 Å². The third-order valence-corrected chi connectivity index (χ3v) is 8.37. The molecule has 1 aliphatic rings. The first kappa shape index (κ1) is 25.8. The molecule has 0 bridgehead atoms. The maximum atomic E-state index is 12.1. The summed E-state index contributed by atoms with van der Waals surface area (Å²) in [4.78, 5) is 4.36. The monoisotopic (exact) mass is 494 g/mol. The molecule has 2 aromatic carbocycles. The molecular weight excluding hydrogens is 460 g/mol. The number of nitrogens with zero attached hydrogens (tertiary/aromatic N) is 2. The lowest BCUT2D eigenvalue weighted by Gasteiger charge is -2.30. The Morgan fingerprint density at radius 2 is 1.85 bits per heavy atom. The molecule has 8 heteroatoms. The number of sulfone groups is 1. The molecule has 182 valence electrons. The van der Waals surface area contributed by atoms with Gasteiger partial charge in [0, 0.05) is 42.9 Å². The van der Waals surface area contributed by atoms with Crippen LogP contribution in [0.15, 0.2) is 42.5 Å². The number of aliphatic hydroxyl groups is 1. The SMILES string of the molecule is CCN(CC)c1ccc(CN(CC(O)COc2ccc(Cl)c(C)c2)C2CCS(=O)(=O)C2)cc1. The minimum Gasteiger partial charge on any atom is -0.491 e. The number of benzene rings is 2. The van der Waals surface area contributed by atoms with E-state index in [2.05, 4.69) is 47.9 Å². The molecule has 2 unspecified atom stereocenters. The van der Waals surface area contributed by atoms with Crippen molar-refractivity contribution in [2.24, 2.45) is 0 Å². The summed E-state index contributed by atoms with van der Waals surface area (Å²) >= 11 is 6.07. The Morgan fingerprint density at radius 3 is 2.42 bits per heavy atom. The van der Waals surface area contributed by atoms with E-state index in [1.807, 2.05) is 13.0 Å². The fourth-order valence-corrected chi connectivity index (χ4v) is 6.14. The highest BCUT2D eigenvalue weighted by Gasteiger charge is 2.33. The highest BCUT2D eigenvalue weighted by molar-refractivity contribution is 7.91. The van der Waals surface area contributed by atoms with Crippen molar-refractivity contribution in [2.45, 2.75) is 45.9 Å². The number of hydrogen-bond donors (Lipinski definition) is 1. The van der Waals surface area contributed by atoms with E-state index in [9.17, 15) is 13.5 Å². The average molecular weight is 495 g/mol. The third-order valence-electron chi connectivity index (χ3n) is 6.19. The number of aliphatic hydroxyl groups excluding tert-OH is 1. The number of rotatable bonds is 11. The van der Waals surface area contributed by atoms with Crippen molar-refractivity contribution in [3.8, 4) is 5.75 Å². The van der Waals surface area contributed by atoms with Crippen LogP contribution in [0.3, 0.4) is 0 Å². The van der Waals surface area contributed by atoms with E-state index >= 15 is 0 Å². The van der Waals surface area contributed by atoms with E-state index in [0.717, 1.165) is 24.2 Å². The van der Waals surface area contributed by atoms with Crippen molar-refractivity contribution in [3.05, 3.63) is 58.6 Å². The molecule has 0 aromatic heterocycles. The smallest absolute Gasteiger partial charge is 0.151 e. The summed E-state index contributed by atoms with van der Waals surface area (Å²) in [6, 6.07) is 13.7. The molecule has 1 aliphatic heterocycles. The van der Waals surface area contributed by atoms with Crippen LogP contribution in [0.5, 0.6) is 5.75 Å². The minimum absolute atomic E-state index is 0.107. The van der Waals surface area contributed by atoms with Gasteiger partial charge >= 0.3 is 0 Å². The van der Waals surface area contributed by atoms with Crippen molar-refractivity contribution in [1.82, 2.24) is 4.90 Å². The van der Waals surface area contributed by atoms with E-state index in [-0.39, 0.29) is 24.2 Å². The molecule has 2 atom stereocenters. The first-order chi connectivity index (χ1) is 15.7. The maximum Gasteiger partial charge on any atom is 0.151 e. The Kier molecular flexibility index (Phi) is 9.04. The fourth-order valence-electron chi connectivity index (χ4n) is 4.26. The first-order valence-corrected chi connectivity index (χ1v) is 13.8. The lowest BCUT2D eigenvalue weighted by atomic mass is 10.1. The van der Waals surface area contributed by atoms with Gasteiger partial charge < -0.3 is 14.7 Å². The summed E-state index contributed by atoms with van der Waals surface area (Å²) in [5.41, 5.74) is 3.18.